The lowest BCUT2D eigenvalue weighted by Crippen LogP contribution is -2.45. The van der Waals surface area contributed by atoms with Crippen molar-refractivity contribution in [3.63, 3.8) is 0 Å². The lowest BCUT2D eigenvalue weighted by Gasteiger charge is -2.32. The number of hydrogen-bond donors (Lipinski definition) is 2. The zero-order valence-corrected chi connectivity index (χ0v) is 20.1. The van der Waals surface area contributed by atoms with Gasteiger partial charge in [0.1, 0.15) is 0 Å². The van der Waals surface area contributed by atoms with Gasteiger partial charge in [-0.15, -0.1) is 0 Å². The molecule has 2 aromatic rings. The van der Waals surface area contributed by atoms with Gasteiger partial charge in [-0.3, -0.25) is 14.3 Å². The molecule has 0 saturated carbocycles. The Balaban J connectivity index is 1.71. The van der Waals surface area contributed by atoms with Crippen LogP contribution in [0.2, 0.25) is 0 Å². The predicted molar refractivity (Wildman–Crippen MR) is 127 cm³/mol. The van der Waals surface area contributed by atoms with Crippen molar-refractivity contribution in [2.24, 2.45) is 5.92 Å². The summed E-state index contributed by atoms with van der Waals surface area (Å²) in [5, 5.41) is 2.83. The Morgan fingerprint density at radius 1 is 1.15 bits per heavy atom. The van der Waals surface area contributed by atoms with Crippen LogP contribution >= 0.6 is 0 Å². The average molecular weight is 474 g/mol. The molecule has 1 fully saturated rings. The molecule has 0 aromatic heterocycles. The summed E-state index contributed by atoms with van der Waals surface area (Å²) < 4.78 is 33.3. The molecule has 0 aliphatic carbocycles. The van der Waals surface area contributed by atoms with Crippen LogP contribution in [0.15, 0.2) is 47.4 Å². The van der Waals surface area contributed by atoms with Crippen molar-refractivity contribution in [2.75, 3.05) is 38.1 Å². The summed E-state index contributed by atoms with van der Waals surface area (Å²) in [5.74, 6) is -0.581. The molecule has 1 aliphatic heterocycles. The van der Waals surface area contributed by atoms with Crippen LogP contribution in [0.5, 0.6) is 0 Å². The second-order valence-corrected chi connectivity index (χ2v) is 9.98. The Labute approximate surface area is 195 Å². The van der Waals surface area contributed by atoms with Crippen LogP contribution in [0.3, 0.4) is 0 Å². The minimum absolute atomic E-state index is 0.0838. The van der Waals surface area contributed by atoms with Crippen LogP contribution in [0, 0.1) is 19.8 Å². The van der Waals surface area contributed by atoms with Gasteiger partial charge >= 0.3 is 0 Å². The van der Waals surface area contributed by atoms with E-state index >= 15 is 0 Å². The number of benzene rings is 2. The van der Waals surface area contributed by atoms with Gasteiger partial charge in [0.25, 0.3) is 15.9 Å². The Hall–Kier alpha value is -2.91. The highest BCUT2D eigenvalue weighted by atomic mass is 32.2. The zero-order chi connectivity index (χ0) is 24.0. The van der Waals surface area contributed by atoms with Gasteiger partial charge in [-0.25, -0.2) is 8.42 Å². The molecule has 0 bridgehead atoms. The van der Waals surface area contributed by atoms with E-state index < -0.39 is 10.0 Å². The monoisotopic (exact) mass is 473 g/mol. The highest BCUT2D eigenvalue weighted by molar-refractivity contribution is 7.92. The maximum atomic E-state index is 13.1. The van der Waals surface area contributed by atoms with Gasteiger partial charge in [-0.05, 0) is 56.5 Å². The summed E-state index contributed by atoms with van der Waals surface area (Å²) in [5.41, 5.74) is 2.31. The number of rotatable bonds is 8. The number of ether oxygens (including phenoxy) is 1. The van der Waals surface area contributed by atoms with Gasteiger partial charge in [0.2, 0.25) is 5.91 Å². The second-order valence-electron chi connectivity index (χ2n) is 8.33. The van der Waals surface area contributed by atoms with Crippen molar-refractivity contribution >= 4 is 27.5 Å². The zero-order valence-electron chi connectivity index (χ0n) is 19.3. The molecule has 3 rings (SSSR count). The molecule has 0 unspecified atom stereocenters. The SMILES string of the molecule is COCCNC(=O)[C@@H]1CCCN(C(=O)c2cccc(NS(=O)(=O)c3ccc(C)cc3C)c2)C1. The molecular formula is C24H31N3O5S. The summed E-state index contributed by atoms with van der Waals surface area (Å²) >= 11 is 0. The fourth-order valence-corrected chi connectivity index (χ4v) is 5.28. The smallest absolute Gasteiger partial charge is 0.262 e. The van der Waals surface area contributed by atoms with E-state index in [0.717, 1.165) is 18.4 Å². The van der Waals surface area contributed by atoms with E-state index in [1.54, 1.807) is 49.3 Å². The molecule has 1 aliphatic rings. The summed E-state index contributed by atoms with van der Waals surface area (Å²) in [6, 6.07) is 11.6. The topological polar surface area (TPSA) is 105 Å². The van der Waals surface area contributed by atoms with Gasteiger partial charge in [-0.1, -0.05) is 23.8 Å². The number of amides is 2. The highest BCUT2D eigenvalue weighted by Crippen LogP contribution is 2.23. The number of nitrogens with one attached hydrogen (secondary N) is 2. The molecule has 1 saturated heterocycles. The molecule has 2 amide bonds. The maximum absolute atomic E-state index is 13.1. The average Bonchev–Trinajstić information content (AvgIpc) is 2.78. The molecule has 1 atom stereocenters. The normalized spacial score (nSPS) is 16.3. The van der Waals surface area contributed by atoms with Crippen molar-refractivity contribution in [1.82, 2.24) is 10.2 Å². The van der Waals surface area contributed by atoms with E-state index in [9.17, 15) is 18.0 Å². The van der Waals surface area contributed by atoms with Crippen LogP contribution in [0.4, 0.5) is 5.69 Å². The number of likely N-dealkylation sites (tertiary alicyclic amines) is 1. The second kappa shape index (κ2) is 10.8. The van der Waals surface area contributed by atoms with Crippen molar-refractivity contribution in [2.45, 2.75) is 31.6 Å². The molecule has 2 aromatic carbocycles. The third-order valence-electron chi connectivity index (χ3n) is 5.67. The first kappa shape index (κ1) is 24.7. The highest BCUT2D eigenvalue weighted by Gasteiger charge is 2.29. The molecule has 9 heteroatoms. The number of hydrogen-bond acceptors (Lipinski definition) is 5. The van der Waals surface area contributed by atoms with Gasteiger partial charge in [0.15, 0.2) is 0 Å². The van der Waals surface area contributed by atoms with Crippen molar-refractivity contribution < 1.29 is 22.7 Å². The first-order valence-electron chi connectivity index (χ1n) is 11.0. The van der Waals surface area contributed by atoms with Crippen molar-refractivity contribution in [3.8, 4) is 0 Å². The number of carbonyl (C=O) groups is 2. The van der Waals surface area contributed by atoms with E-state index in [1.807, 2.05) is 13.0 Å². The van der Waals surface area contributed by atoms with Crippen LogP contribution < -0.4 is 10.0 Å². The standard InChI is InChI=1S/C24H31N3O5S/c1-17-9-10-22(18(2)14-17)33(30,31)26-21-8-4-6-19(15-21)24(29)27-12-5-7-20(16-27)23(28)25-11-13-32-3/h4,6,8-10,14-15,20,26H,5,7,11-13,16H2,1-3H3,(H,25,28)/t20-/m1/s1. The van der Waals surface area contributed by atoms with Crippen LogP contribution in [0.1, 0.15) is 34.3 Å². The molecule has 0 spiro atoms. The number of nitrogens with zero attached hydrogens (tertiary/aromatic N) is 1. The van der Waals surface area contributed by atoms with Crippen LogP contribution in [0.25, 0.3) is 0 Å². The lowest BCUT2D eigenvalue weighted by molar-refractivity contribution is -0.126. The molecule has 178 valence electrons. The first-order valence-corrected chi connectivity index (χ1v) is 12.5. The number of aryl methyl sites for hydroxylation is 2. The van der Waals surface area contributed by atoms with Crippen molar-refractivity contribution in [3.05, 3.63) is 59.2 Å². The summed E-state index contributed by atoms with van der Waals surface area (Å²) in [6.45, 7) is 5.41. The Morgan fingerprint density at radius 2 is 1.94 bits per heavy atom. The maximum Gasteiger partial charge on any atom is 0.262 e. The molecule has 2 N–H and O–H groups in total. The van der Waals surface area contributed by atoms with Gasteiger partial charge < -0.3 is 15.0 Å². The number of anilines is 1. The molecule has 8 nitrogen and oxygen atoms in total. The Bertz CT molecular complexity index is 1120. The number of piperidine rings is 1. The molecule has 0 radical (unpaired) electrons. The van der Waals surface area contributed by atoms with E-state index in [-0.39, 0.29) is 22.6 Å². The van der Waals surface area contributed by atoms with Crippen LogP contribution in [-0.4, -0.2) is 58.5 Å². The van der Waals surface area contributed by atoms with E-state index in [0.29, 0.717) is 43.1 Å². The minimum Gasteiger partial charge on any atom is -0.383 e. The number of sulfonamides is 1. The van der Waals surface area contributed by atoms with Crippen molar-refractivity contribution in [1.29, 1.82) is 0 Å². The third kappa shape index (κ3) is 6.33. The van der Waals surface area contributed by atoms with Gasteiger partial charge in [0, 0.05) is 38.0 Å². The fraction of sp³-hybridized carbons (Fsp3) is 0.417. The van der Waals surface area contributed by atoms with Gasteiger partial charge in [-0.2, -0.15) is 0 Å². The largest absolute Gasteiger partial charge is 0.383 e. The van der Waals surface area contributed by atoms with E-state index in [2.05, 4.69) is 10.0 Å². The van der Waals surface area contributed by atoms with E-state index in [1.165, 1.54) is 6.07 Å². The summed E-state index contributed by atoms with van der Waals surface area (Å²) in [4.78, 5) is 27.3. The number of methoxy groups -OCH3 is 1. The molecule has 1 heterocycles. The van der Waals surface area contributed by atoms with Gasteiger partial charge in [0.05, 0.1) is 17.4 Å². The lowest BCUT2D eigenvalue weighted by atomic mass is 9.96. The summed E-state index contributed by atoms with van der Waals surface area (Å²) in [6.07, 6.45) is 1.45. The third-order valence-corrected chi connectivity index (χ3v) is 7.21. The predicted octanol–water partition coefficient (Wildman–Crippen LogP) is 2.72. The quantitative estimate of drug-likeness (QED) is 0.574. The van der Waals surface area contributed by atoms with E-state index in [4.69, 9.17) is 4.74 Å². The minimum atomic E-state index is -3.80. The Morgan fingerprint density at radius 3 is 2.67 bits per heavy atom. The molecule has 33 heavy (non-hydrogen) atoms. The number of carbonyl (C=O) groups excluding carboxylic acids is 2. The Kier molecular flexibility index (Phi) is 8.10. The molecular weight excluding hydrogens is 442 g/mol. The first-order chi connectivity index (χ1) is 15.7. The van der Waals surface area contributed by atoms with Crippen LogP contribution in [-0.2, 0) is 19.6 Å². The summed E-state index contributed by atoms with van der Waals surface area (Å²) in [7, 11) is -2.22. The fourth-order valence-electron chi connectivity index (χ4n) is 4.01.